The van der Waals surface area contributed by atoms with Crippen LogP contribution in [0.25, 0.3) is 5.69 Å². The smallest absolute Gasteiger partial charge is 0.186 e. The van der Waals surface area contributed by atoms with E-state index >= 15 is 0 Å². The van der Waals surface area contributed by atoms with Crippen LogP contribution in [0.2, 0.25) is 5.15 Å². The van der Waals surface area contributed by atoms with Gasteiger partial charge in [-0.25, -0.2) is 4.68 Å². The fourth-order valence-corrected chi connectivity index (χ4v) is 2.44. The summed E-state index contributed by atoms with van der Waals surface area (Å²) < 4.78 is 9.84. The van der Waals surface area contributed by atoms with Crippen LogP contribution in [0.15, 0.2) is 42.7 Å². The van der Waals surface area contributed by atoms with E-state index in [0.717, 1.165) is 23.0 Å². The van der Waals surface area contributed by atoms with Crippen LogP contribution >= 0.6 is 23.3 Å². The molecule has 0 atom stereocenters. The Kier molecular flexibility index (Phi) is 3.43. The van der Waals surface area contributed by atoms with Crippen LogP contribution in [-0.2, 0) is 6.54 Å². The second kappa shape index (κ2) is 5.38. The number of aromatic nitrogens is 4. The van der Waals surface area contributed by atoms with E-state index < -0.39 is 0 Å². The molecule has 0 bridgehead atoms. The Balaban J connectivity index is 1.84. The van der Waals surface area contributed by atoms with Crippen molar-refractivity contribution in [2.45, 2.75) is 6.54 Å². The summed E-state index contributed by atoms with van der Waals surface area (Å²) in [5.41, 5.74) is 2.13. The van der Waals surface area contributed by atoms with Crippen LogP contribution in [0.1, 0.15) is 5.56 Å². The van der Waals surface area contributed by atoms with Gasteiger partial charge >= 0.3 is 0 Å². The van der Waals surface area contributed by atoms with E-state index in [0.29, 0.717) is 17.5 Å². The first kappa shape index (κ1) is 12.1. The summed E-state index contributed by atoms with van der Waals surface area (Å²) in [6.45, 7) is 0.612. The van der Waals surface area contributed by atoms with Crippen molar-refractivity contribution < 1.29 is 0 Å². The monoisotopic (exact) mass is 291 g/mol. The fourth-order valence-electron chi connectivity index (χ4n) is 1.76. The minimum atomic E-state index is 0.404. The van der Waals surface area contributed by atoms with Crippen LogP contribution in [0.4, 0.5) is 5.82 Å². The lowest BCUT2D eigenvalue weighted by molar-refractivity contribution is 0.863. The zero-order valence-corrected chi connectivity index (χ0v) is 11.4. The minimum Gasteiger partial charge on any atom is -0.362 e. The van der Waals surface area contributed by atoms with E-state index in [2.05, 4.69) is 19.2 Å². The highest BCUT2D eigenvalue weighted by molar-refractivity contribution is 6.99. The predicted octanol–water partition coefficient (Wildman–Crippen LogP) is 2.99. The van der Waals surface area contributed by atoms with Crippen molar-refractivity contribution in [2.24, 2.45) is 0 Å². The Morgan fingerprint density at radius 2 is 2.11 bits per heavy atom. The third-order valence-corrected chi connectivity index (χ3v) is 3.53. The van der Waals surface area contributed by atoms with Crippen molar-refractivity contribution >= 4 is 29.1 Å². The molecule has 1 aromatic carbocycles. The lowest BCUT2D eigenvalue weighted by Crippen LogP contribution is -2.05. The first-order valence-corrected chi connectivity index (χ1v) is 6.75. The molecule has 1 N–H and O–H groups in total. The molecule has 3 aromatic rings. The average Bonchev–Trinajstić information content (AvgIpc) is 3.08. The molecule has 0 fully saturated rings. The molecule has 0 aliphatic carbocycles. The lowest BCUT2D eigenvalue weighted by Gasteiger charge is -2.10. The topological polar surface area (TPSA) is 55.6 Å². The van der Waals surface area contributed by atoms with Gasteiger partial charge in [-0.15, -0.1) is 0 Å². The number of halogens is 1. The number of anilines is 1. The molecule has 3 rings (SSSR count). The third kappa shape index (κ3) is 2.59. The van der Waals surface area contributed by atoms with Crippen LogP contribution in [-0.4, -0.2) is 18.5 Å². The summed E-state index contributed by atoms with van der Waals surface area (Å²) in [5, 5.41) is 7.83. The zero-order chi connectivity index (χ0) is 13.1. The molecule has 0 amide bonds. The second-order valence-corrected chi connectivity index (χ2v) is 4.72. The van der Waals surface area contributed by atoms with Crippen LogP contribution in [0.5, 0.6) is 0 Å². The molecular weight excluding hydrogens is 282 g/mol. The van der Waals surface area contributed by atoms with Gasteiger partial charge in [0.05, 0.1) is 17.4 Å². The Hall–Kier alpha value is -1.92. The van der Waals surface area contributed by atoms with E-state index in [1.165, 1.54) is 0 Å². The Labute approximate surface area is 119 Å². The number of hydrogen-bond acceptors (Lipinski definition) is 5. The van der Waals surface area contributed by atoms with Gasteiger partial charge in [-0.2, -0.15) is 13.8 Å². The standard InChI is InChI=1S/C12H10ClN5S/c13-11-12(17-19-16-11)14-8-9-4-1-2-5-10(9)18-7-3-6-15-18/h1-7H,8H2,(H,14,17). The normalized spacial score (nSPS) is 10.6. The van der Waals surface area contributed by atoms with Crippen LogP contribution < -0.4 is 5.32 Å². The maximum Gasteiger partial charge on any atom is 0.186 e. The first-order valence-electron chi connectivity index (χ1n) is 5.64. The molecule has 2 aromatic heterocycles. The van der Waals surface area contributed by atoms with Gasteiger partial charge in [-0.05, 0) is 17.7 Å². The van der Waals surface area contributed by atoms with E-state index in [1.807, 2.05) is 41.2 Å². The maximum atomic E-state index is 5.90. The molecule has 0 aliphatic heterocycles. The lowest BCUT2D eigenvalue weighted by atomic mass is 10.2. The summed E-state index contributed by atoms with van der Waals surface area (Å²) in [5.74, 6) is 0.613. The van der Waals surface area contributed by atoms with Crippen molar-refractivity contribution in [3.05, 3.63) is 53.4 Å². The highest BCUT2D eigenvalue weighted by Gasteiger charge is 2.07. The van der Waals surface area contributed by atoms with Gasteiger partial charge in [0, 0.05) is 18.9 Å². The van der Waals surface area contributed by atoms with E-state index in [4.69, 9.17) is 11.6 Å². The minimum absolute atomic E-state index is 0.404. The molecule has 5 nitrogen and oxygen atoms in total. The molecule has 0 saturated carbocycles. The molecular formula is C12H10ClN5S. The quantitative estimate of drug-likeness (QED) is 0.803. The van der Waals surface area contributed by atoms with E-state index in [9.17, 15) is 0 Å². The van der Waals surface area contributed by atoms with E-state index in [-0.39, 0.29) is 0 Å². The number of benzene rings is 1. The number of nitrogens with zero attached hydrogens (tertiary/aromatic N) is 4. The van der Waals surface area contributed by atoms with Gasteiger partial charge < -0.3 is 5.32 Å². The average molecular weight is 292 g/mol. The molecule has 2 heterocycles. The van der Waals surface area contributed by atoms with Crippen LogP contribution in [0, 0.1) is 0 Å². The zero-order valence-electron chi connectivity index (χ0n) is 9.82. The van der Waals surface area contributed by atoms with Gasteiger partial charge in [0.1, 0.15) is 0 Å². The van der Waals surface area contributed by atoms with Gasteiger partial charge in [0.15, 0.2) is 11.0 Å². The maximum absolute atomic E-state index is 5.90. The highest BCUT2D eigenvalue weighted by atomic mass is 35.5. The number of rotatable bonds is 4. The molecule has 0 radical (unpaired) electrons. The van der Waals surface area contributed by atoms with Crippen LogP contribution in [0.3, 0.4) is 0 Å². The van der Waals surface area contributed by atoms with Crippen molar-refractivity contribution in [2.75, 3.05) is 5.32 Å². The van der Waals surface area contributed by atoms with Gasteiger partial charge in [-0.3, -0.25) is 0 Å². The molecule has 0 spiro atoms. The Morgan fingerprint density at radius 1 is 1.21 bits per heavy atom. The number of nitrogens with one attached hydrogen (secondary N) is 1. The van der Waals surface area contributed by atoms with Crippen molar-refractivity contribution in [1.82, 2.24) is 18.5 Å². The Morgan fingerprint density at radius 3 is 2.84 bits per heavy atom. The summed E-state index contributed by atoms with van der Waals surface area (Å²) in [6, 6.07) is 9.93. The highest BCUT2D eigenvalue weighted by Crippen LogP contribution is 2.20. The molecule has 0 unspecified atom stereocenters. The first-order chi connectivity index (χ1) is 9.34. The van der Waals surface area contributed by atoms with Gasteiger partial charge in [-0.1, -0.05) is 29.8 Å². The summed E-state index contributed by atoms with van der Waals surface area (Å²) in [7, 11) is 0. The number of para-hydroxylation sites is 1. The second-order valence-electron chi connectivity index (χ2n) is 3.84. The SMILES string of the molecule is Clc1nsnc1NCc1ccccc1-n1cccn1. The number of hydrogen-bond donors (Lipinski definition) is 1. The summed E-state index contributed by atoms with van der Waals surface area (Å²) in [6.07, 6.45) is 3.67. The Bertz CT molecular complexity index is 664. The van der Waals surface area contributed by atoms with Crippen molar-refractivity contribution in [1.29, 1.82) is 0 Å². The largest absolute Gasteiger partial charge is 0.362 e. The van der Waals surface area contributed by atoms with Crippen molar-refractivity contribution in [3.63, 3.8) is 0 Å². The third-order valence-electron chi connectivity index (χ3n) is 2.64. The molecule has 7 heteroatoms. The molecule has 0 saturated heterocycles. The van der Waals surface area contributed by atoms with Crippen molar-refractivity contribution in [3.8, 4) is 5.69 Å². The molecule has 96 valence electrons. The van der Waals surface area contributed by atoms with Gasteiger partial charge in [0.2, 0.25) is 0 Å². The fraction of sp³-hybridized carbons (Fsp3) is 0.0833. The van der Waals surface area contributed by atoms with E-state index in [1.54, 1.807) is 6.20 Å². The van der Waals surface area contributed by atoms with Gasteiger partial charge in [0.25, 0.3) is 0 Å². The predicted molar refractivity (Wildman–Crippen MR) is 75.8 cm³/mol. The molecule has 19 heavy (non-hydrogen) atoms. The summed E-state index contributed by atoms with van der Waals surface area (Å²) in [4.78, 5) is 0. The molecule has 0 aliphatic rings. The summed E-state index contributed by atoms with van der Waals surface area (Å²) >= 11 is 6.99.